The van der Waals surface area contributed by atoms with Crippen molar-refractivity contribution in [3.8, 4) is 0 Å². The summed E-state index contributed by atoms with van der Waals surface area (Å²) < 4.78 is 1.06. The Morgan fingerprint density at radius 2 is 2.17 bits per heavy atom. The average molecular weight is 443 g/mol. The van der Waals surface area contributed by atoms with Crippen LogP contribution in [0.25, 0.3) is 20.4 Å². The van der Waals surface area contributed by atoms with E-state index in [-0.39, 0.29) is 11.5 Å². The molecule has 2 N–H and O–H groups in total. The maximum Gasteiger partial charge on any atom is 0.259 e. The van der Waals surface area contributed by atoms with Gasteiger partial charge in [-0.25, -0.2) is 9.97 Å². The number of nitrogens with zero attached hydrogens (tertiary/aromatic N) is 2. The number of aryl methyl sites for hydroxylation is 3. The molecule has 6 nitrogen and oxygen atoms in total. The van der Waals surface area contributed by atoms with E-state index in [2.05, 4.69) is 20.3 Å². The van der Waals surface area contributed by atoms with Gasteiger partial charge in [0.05, 0.1) is 32.1 Å². The molecular formula is C20H18N4O2S3. The summed E-state index contributed by atoms with van der Waals surface area (Å²) in [6.07, 6.45) is 3.15. The van der Waals surface area contributed by atoms with Crippen molar-refractivity contribution < 1.29 is 4.79 Å². The number of nitrogens with one attached hydrogen (secondary N) is 2. The van der Waals surface area contributed by atoms with E-state index in [0.717, 1.165) is 50.4 Å². The molecule has 0 saturated heterocycles. The van der Waals surface area contributed by atoms with Gasteiger partial charge in [-0.3, -0.25) is 9.59 Å². The van der Waals surface area contributed by atoms with Gasteiger partial charge in [0.1, 0.15) is 10.7 Å². The van der Waals surface area contributed by atoms with Crippen LogP contribution in [0.3, 0.4) is 0 Å². The van der Waals surface area contributed by atoms with Crippen LogP contribution in [0, 0.1) is 6.92 Å². The lowest BCUT2D eigenvalue weighted by atomic mass is 10.2. The van der Waals surface area contributed by atoms with E-state index < -0.39 is 0 Å². The van der Waals surface area contributed by atoms with Crippen LogP contribution < -0.4 is 10.9 Å². The van der Waals surface area contributed by atoms with Gasteiger partial charge in [-0.2, -0.15) is 0 Å². The highest BCUT2D eigenvalue weighted by molar-refractivity contribution is 7.99. The predicted octanol–water partition coefficient (Wildman–Crippen LogP) is 4.26. The summed E-state index contributed by atoms with van der Waals surface area (Å²) in [5, 5.41) is 4.70. The fraction of sp³-hybridized carbons (Fsp3) is 0.300. The van der Waals surface area contributed by atoms with Crippen molar-refractivity contribution in [3.63, 3.8) is 0 Å². The van der Waals surface area contributed by atoms with E-state index in [1.807, 2.05) is 25.1 Å². The summed E-state index contributed by atoms with van der Waals surface area (Å²) in [6, 6.07) is 5.74. The number of anilines is 1. The molecule has 0 unspecified atom stereocenters. The molecule has 1 amide bonds. The van der Waals surface area contributed by atoms with Crippen molar-refractivity contribution in [1.29, 1.82) is 0 Å². The standard InChI is InChI=1S/C20H18N4O2S3/c1-10-21-13-6-5-11(7-15(13)28-10)22-17(25)9-27-8-16-23-19(26)18-12-3-2-4-14(12)29-20(18)24-16/h5-7H,2-4,8-9H2,1H3,(H,22,25)(H,23,24,26). The van der Waals surface area contributed by atoms with E-state index in [9.17, 15) is 9.59 Å². The molecule has 0 radical (unpaired) electrons. The van der Waals surface area contributed by atoms with Gasteiger partial charge in [0.15, 0.2) is 0 Å². The van der Waals surface area contributed by atoms with E-state index in [0.29, 0.717) is 17.3 Å². The number of aromatic amines is 1. The number of rotatable bonds is 5. The summed E-state index contributed by atoms with van der Waals surface area (Å²) in [4.78, 5) is 38.8. The molecule has 1 aromatic carbocycles. The third-order valence-electron chi connectivity index (χ3n) is 4.88. The lowest BCUT2D eigenvalue weighted by molar-refractivity contribution is -0.113. The zero-order valence-corrected chi connectivity index (χ0v) is 18.2. The summed E-state index contributed by atoms with van der Waals surface area (Å²) in [7, 11) is 0. The normalized spacial score (nSPS) is 13.3. The van der Waals surface area contributed by atoms with Gasteiger partial charge in [0, 0.05) is 10.6 Å². The van der Waals surface area contributed by atoms with Gasteiger partial charge >= 0.3 is 0 Å². The van der Waals surface area contributed by atoms with Crippen LogP contribution in [-0.2, 0) is 23.4 Å². The lowest BCUT2D eigenvalue weighted by Gasteiger charge is -2.05. The number of carbonyl (C=O) groups excluding carboxylic acids is 1. The molecule has 0 atom stereocenters. The number of amides is 1. The third-order valence-corrected chi connectivity index (χ3v) is 7.94. The highest BCUT2D eigenvalue weighted by Gasteiger charge is 2.21. The van der Waals surface area contributed by atoms with Crippen LogP contribution in [0.15, 0.2) is 23.0 Å². The number of benzene rings is 1. The number of thiazole rings is 1. The van der Waals surface area contributed by atoms with E-state index in [1.54, 1.807) is 22.7 Å². The topological polar surface area (TPSA) is 87.7 Å². The molecule has 0 aliphatic heterocycles. The summed E-state index contributed by atoms with van der Waals surface area (Å²) >= 11 is 4.69. The number of thiophene rings is 1. The SMILES string of the molecule is Cc1nc2ccc(NC(=O)CSCc3nc4sc5c(c4c(=O)[nH]3)CCC5)cc2s1. The van der Waals surface area contributed by atoms with Gasteiger partial charge in [0.2, 0.25) is 5.91 Å². The Hall–Kier alpha value is -2.23. The molecule has 0 spiro atoms. The van der Waals surface area contributed by atoms with Crippen molar-refractivity contribution in [3.05, 3.63) is 49.8 Å². The minimum atomic E-state index is -0.0749. The Bertz CT molecular complexity index is 1300. The Morgan fingerprint density at radius 1 is 1.28 bits per heavy atom. The summed E-state index contributed by atoms with van der Waals surface area (Å²) in [5.41, 5.74) is 2.85. The molecule has 1 aliphatic rings. The van der Waals surface area contributed by atoms with Gasteiger partial charge in [-0.15, -0.1) is 34.4 Å². The highest BCUT2D eigenvalue weighted by atomic mass is 32.2. The van der Waals surface area contributed by atoms with Crippen LogP contribution in [0.2, 0.25) is 0 Å². The maximum absolute atomic E-state index is 12.5. The van der Waals surface area contributed by atoms with E-state index in [1.165, 1.54) is 22.2 Å². The quantitative estimate of drug-likeness (QED) is 0.482. The van der Waals surface area contributed by atoms with Crippen molar-refractivity contribution >= 4 is 66.5 Å². The van der Waals surface area contributed by atoms with Crippen molar-refractivity contribution in [1.82, 2.24) is 15.0 Å². The Morgan fingerprint density at radius 3 is 3.07 bits per heavy atom. The maximum atomic E-state index is 12.5. The first kappa shape index (κ1) is 18.8. The Kier molecular flexibility index (Phi) is 4.89. The largest absolute Gasteiger partial charge is 0.325 e. The number of fused-ring (bicyclic) bond motifs is 4. The van der Waals surface area contributed by atoms with Crippen LogP contribution in [0.1, 0.15) is 27.7 Å². The van der Waals surface area contributed by atoms with Gasteiger partial charge in [0.25, 0.3) is 5.56 Å². The minimum absolute atomic E-state index is 0.0531. The molecule has 29 heavy (non-hydrogen) atoms. The average Bonchev–Trinajstić information content (AvgIpc) is 3.34. The second-order valence-electron chi connectivity index (χ2n) is 7.01. The second kappa shape index (κ2) is 7.55. The number of H-pyrrole nitrogens is 1. The lowest BCUT2D eigenvalue weighted by Crippen LogP contribution is -2.15. The first-order valence-electron chi connectivity index (χ1n) is 9.35. The molecule has 9 heteroatoms. The van der Waals surface area contributed by atoms with Crippen molar-refractivity contribution in [2.24, 2.45) is 0 Å². The molecule has 148 valence electrons. The van der Waals surface area contributed by atoms with Crippen LogP contribution in [0.4, 0.5) is 5.69 Å². The Labute approximate surface area is 178 Å². The van der Waals surface area contributed by atoms with Gasteiger partial charge in [-0.05, 0) is 49.9 Å². The smallest absolute Gasteiger partial charge is 0.259 e. The molecule has 0 fully saturated rings. The van der Waals surface area contributed by atoms with Crippen LogP contribution in [0.5, 0.6) is 0 Å². The van der Waals surface area contributed by atoms with E-state index in [4.69, 9.17) is 0 Å². The molecular weight excluding hydrogens is 424 g/mol. The second-order valence-corrected chi connectivity index (χ2v) is 10.3. The fourth-order valence-electron chi connectivity index (χ4n) is 3.67. The number of aromatic nitrogens is 3. The number of hydrogen-bond acceptors (Lipinski definition) is 7. The predicted molar refractivity (Wildman–Crippen MR) is 121 cm³/mol. The zero-order valence-electron chi connectivity index (χ0n) is 15.7. The number of carbonyl (C=O) groups is 1. The summed E-state index contributed by atoms with van der Waals surface area (Å²) in [5.74, 6) is 1.34. The third kappa shape index (κ3) is 3.70. The number of hydrogen-bond donors (Lipinski definition) is 2. The zero-order chi connectivity index (χ0) is 20.0. The van der Waals surface area contributed by atoms with Gasteiger partial charge in [-0.1, -0.05) is 0 Å². The monoisotopic (exact) mass is 442 g/mol. The fourth-order valence-corrected chi connectivity index (χ4v) is 6.51. The van der Waals surface area contributed by atoms with Gasteiger partial charge < -0.3 is 10.3 Å². The molecule has 3 aromatic heterocycles. The first-order valence-corrected chi connectivity index (χ1v) is 12.1. The molecule has 3 heterocycles. The minimum Gasteiger partial charge on any atom is -0.325 e. The molecule has 1 aliphatic carbocycles. The first-order chi connectivity index (χ1) is 14.1. The highest BCUT2D eigenvalue weighted by Crippen LogP contribution is 2.34. The summed E-state index contributed by atoms with van der Waals surface area (Å²) in [6.45, 7) is 1.97. The van der Waals surface area contributed by atoms with Crippen LogP contribution in [-0.4, -0.2) is 26.6 Å². The van der Waals surface area contributed by atoms with Crippen LogP contribution >= 0.6 is 34.4 Å². The molecule has 5 rings (SSSR count). The molecule has 4 aromatic rings. The van der Waals surface area contributed by atoms with Crippen molar-refractivity contribution in [2.75, 3.05) is 11.1 Å². The Balaban J connectivity index is 1.22. The molecule has 0 bridgehead atoms. The molecule has 0 saturated carbocycles. The van der Waals surface area contributed by atoms with Crippen molar-refractivity contribution in [2.45, 2.75) is 31.9 Å². The van der Waals surface area contributed by atoms with E-state index >= 15 is 0 Å². The number of thioether (sulfide) groups is 1.